The topological polar surface area (TPSA) is 67.1 Å². The number of anilines is 1. The molecule has 0 aliphatic carbocycles. The first kappa shape index (κ1) is 11.2. The summed E-state index contributed by atoms with van der Waals surface area (Å²) >= 11 is 0. The zero-order chi connectivity index (χ0) is 12.8. The van der Waals surface area contributed by atoms with Crippen LogP contribution < -0.4 is 10.6 Å². The quantitative estimate of drug-likeness (QED) is 0.822. The van der Waals surface area contributed by atoms with Crippen molar-refractivity contribution in [3.05, 3.63) is 18.0 Å². The Labute approximate surface area is 99.2 Å². The molecule has 1 saturated heterocycles. The summed E-state index contributed by atoms with van der Waals surface area (Å²) in [7, 11) is 0. The van der Waals surface area contributed by atoms with Gasteiger partial charge >= 0.3 is 6.18 Å². The van der Waals surface area contributed by atoms with Gasteiger partial charge in [0.2, 0.25) is 0 Å². The number of hydrogen-bond acceptors (Lipinski definition) is 5. The molecule has 1 aliphatic heterocycles. The molecule has 0 unspecified atom stereocenters. The Morgan fingerprint density at radius 1 is 1.28 bits per heavy atom. The molecule has 0 saturated carbocycles. The molecular weight excluding hydrogens is 249 g/mol. The number of aromatic nitrogens is 4. The number of hydrogen-bond donors (Lipinski definition) is 2. The summed E-state index contributed by atoms with van der Waals surface area (Å²) in [6.07, 6.45) is -4.57. The number of halogens is 3. The van der Waals surface area contributed by atoms with E-state index in [1.165, 1.54) is 6.07 Å². The Bertz CT molecular complexity index is 573. The molecule has 0 amide bonds. The predicted octanol–water partition coefficient (Wildman–Crippen LogP) is 0.527. The van der Waals surface area contributed by atoms with Crippen LogP contribution in [0.25, 0.3) is 5.65 Å². The van der Waals surface area contributed by atoms with Gasteiger partial charge in [0.05, 0.1) is 6.04 Å². The molecule has 0 bridgehead atoms. The molecule has 6 nitrogen and oxygen atoms in total. The summed E-state index contributed by atoms with van der Waals surface area (Å²) in [6.45, 7) is 1.54. The summed E-state index contributed by atoms with van der Waals surface area (Å²) in [5, 5.41) is 16.5. The number of alkyl halides is 3. The van der Waals surface area contributed by atoms with Crippen LogP contribution in [-0.4, -0.2) is 38.9 Å². The highest BCUT2D eigenvalue weighted by atomic mass is 19.4. The molecule has 2 N–H and O–H groups in total. The van der Waals surface area contributed by atoms with E-state index in [0.717, 1.165) is 13.1 Å². The van der Waals surface area contributed by atoms with Gasteiger partial charge in [0, 0.05) is 13.1 Å². The zero-order valence-corrected chi connectivity index (χ0v) is 9.07. The van der Waals surface area contributed by atoms with Crippen molar-refractivity contribution in [3.63, 3.8) is 0 Å². The molecule has 2 aromatic rings. The summed E-state index contributed by atoms with van der Waals surface area (Å²) in [5.41, 5.74) is 0.0691. The summed E-state index contributed by atoms with van der Waals surface area (Å²) in [6, 6.07) is 3.23. The van der Waals surface area contributed by atoms with Crippen LogP contribution in [0.4, 0.5) is 19.0 Å². The first-order chi connectivity index (χ1) is 8.54. The van der Waals surface area contributed by atoms with Crippen molar-refractivity contribution in [2.75, 3.05) is 18.4 Å². The van der Waals surface area contributed by atoms with Crippen LogP contribution in [0.1, 0.15) is 5.82 Å². The van der Waals surface area contributed by atoms with Gasteiger partial charge in [0.1, 0.15) is 5.82 Å². The molecule has 0 radical (unpaired) electrons. The normalized spacial score (nSPS) is 16.8. The van der Waals surface area contributed by atoms with Gasteiger partial charge in [-0.25, -0.2) is 0 Å². The number of nitrogens with zero attached hydrogens (tertiary/aromatic N) is 4. The van der Waals surface area contributed by atoms with Gasteiger partial charge in [-0.15, -0.1) is 15.3 Å². The highest BCUT2D eigenvalue weighted by Crippen LogP contribution is 2.27. The second kappa shape index (κ2) is 3.80. The van der Waals surface area contributed by atoms with E-state index >= 15 is 0 Å². The summed E-state index contributed by atoms with van der Waals surface area (Å²) < 4.78 is 38.6. The zero-order valence-electron chi connectivity index (χ0n) is 9.07. The van der Waals surface area contributed by atoms with Crippen molar-refractivity contribution >= 4 is 11.5 Å². The molecule has 9 heteroatoms. The lowest BCUT2D eigenvalue weighted by atomic mass is 10.2. The molecule has 0 spiro atoms. The maximum Gasteiger partial charge on any atom is 0.453 e. The van der Waals surface area contributed by atoms with Crippen molar-refractivity contribution in [2.24, 2.45) is 0 Å². The van der Waals surface area contributed by atoms with Crippen LogP contribution in [0.2, 0.25) is 0 Å². The maximum atomic E-state index is 12.6. The van der Waals surface area contributed by atoms with Crippen molar-refractivity contribution in [1.82, 2.24) is 25.1 Å². The standard InChI is InChI=1S/C9H9F3N6/c10-9(11,12)8-16-15-7-2-1-6(17-18(7)8)14-5-3-13-4-5/h1-2,5,13H,3-4H2,(H,14,17). The first-order valence-electron chi connectivity index (χ1n) is 5.31. The van der Waals surface area contributed by atoms with Gasteiger partial charge in [-0.1, -0.05) is 0 Å². The minimum absolute atomic E-state index is 0.0691. The fourth-order valence-corrected chi connectivity index (χ4v) is 1.64. The van der Waals surface area contributed by atoms with Crippen LogP contribution in [0, 0.1) is 0 Å². The fraction of sp³-hybridized carbons (Fsp3) is 0.444. The van der Waals surface area contributed by atoms with Gasteiger partial charge in [-0.2, -0.15) is 17.7 Å². The minimum Gasteiger partial charge on any atom is -0.363 e. The third-order valence-electron chi connectivity index (χ3n) is 2.65. The van der Waals surface area contributed by atoms with E-state index in [2.05, 4.69) is 25.9 Å². The van der Waals surface area contributed by atoms with Crippen LogP contribution in [0.15, 0.2) is 12.1 Å². The fourth-order valence-electron chi connectivity index (χ4n) is 1.64. The molecule has 0 aromatic carbocycles. The van der Waals surface area contributed by atoms with Crippen LogP contribution in [0.5, 0.6) is 0 Å². The maximum absolute atomic E-state index is 12.6. The lowest BCUT2D eigenvalue weighted by Gasteiger charge is -2.28. The Morgan fingerprint density at radius 2 is 2.06 bits per heavy atom. The third-order valence-corrected chi connectivity index (χ3v) is 2.65. The number of fused-ring (bicyclic) bond motifs is 1. The Morgan fingerprint density at radius 3 is 2.67 bits per heavy atom. The SMILES string of the molecule is FC(F)(F)c1nnc2ccc(NC3CNC3)nn12. The number of nitrogens with one attached hydrogen (secondary N) is 2. The summed E-state index contributed by atoms with van der Waals surface area (Å²) in [5.74, 6) is -0.743. The Hall–Kier alpha value is -1.90. The molecule has 1 aliphatic rings. The summed E-state index contributed by atoms with van der Waals surface area (Å²) in [4.78, 5) is 0. The van der Waals surface area contributed by atoms with E-state index in [1.54, 1.807) is 6.07 Å². The van der Waals surface area contributed by atoms with E-state index in [-0.39, 0.29) is 11.7 Å². The van der Waals surface area contributed by atoms with Gasteiger partial charge in [-0.05, 0) is 12.1 Å². The van der Waals surface area contributed by atoms with Crippen molar-refractivity contribution < 1.29 is 13.2 Å². The molecule has 0 atom stereocenters. The largest absolute Gasteiger partial charge is 0.453 e. The van der Waals surface area contributed by atoms with Gasteiger partial charge in [-0.3, -0.25) is 0 Å². The average molecular weight is 258 g/mol. The smallest absolute Gasteiger partial charge is 0.363 e. The highest BCUT2D eigenvalue weighted by molar-refractivity contribution is 5.45. The highest BCUT2D eigenvalue weighted by Gasteiger charge is 2.37. The molecular formula is C9H9F3N6. The van der Waals surface area contributed by atoms with Crippen LogP contribution in [-0.2, 0) is 6.18 Å². The Kier molecular flexibility index (Phi) is 2.37. The third kappa shape index (κ3) is 1.86. The van der Waals surface area contributed by atoms with Crippen LogP contribution in [0.3, 0.4) is 0 Å². The second-order valence-corrected chi connectivity index (χ2v) is 4.01. The lowest BCUT2D eigenvalue weighted by Crippen LogP contribution is -2.51. The lowest BCUT2D eigenvalue weighted by molar-refractivity contribution is -0.146. The van der Waals surface area contributed by atoms with Crippen LogP contribution >= 0.6 is 0 Å². The predicted molar refractivity (Wildman–Crippen MR) is 56.1 cm³/mol. The van der Waals surface area contributed by atoms with Gasteiger partial charge in [0.15, 0.2) is 5.65 Å². The van der Waals surface area contributed by atoms with Gasteiger partial charge in [0.25, 0.3) is 5.82 Å². The Balaban J connectivity index is 1.98. The van der Waals surface area contributed by atoms with E-state index in [9.17, 15) is 13.2 Å². The van der Waals surface area contributed by atoms with Crippen molar-refractivity contribution in [3.8, 4) is 0 Å². The van der Waals surface area contributed by atoms with E-state index in [0.29, 0.717) is 10.3 Å². The van der Waals surface area contributed by atoms with Gasteiger partial charge < -0.3 is 10.6 Å². The van der Waals surface area contributed by atoms with Crippen molar-refractivity contribution in [2.45, 2.75) is 12.2 Å². The van der Waals surface area contributed by atoms with E-state index in [4.69, 9.17) is 0 Å². The molecule has 96 valence electrons. The van der Waals surface area contributed by atoms with E-state index in [1.807, 2.05) is 0 Å². The molecule has 3 heterocycles. The van der Waals surface area contributed by atoms with E-state index < -0.39 is 12.0 Å². The molecule has 2 aromatic heterocycles. The monoisotopic (exact) mass is 258 g/mol. The molecule has 18 heavy (non-hydrogen) atoms. The minimum atomic E-state index is -4.57. The average Bonchev–Trinajstić information content (AvgIpc) is 2.65. The molecule has 3 rings (SSSR count). The molecule has 1 fully saturated rings. The van der Waals surface area contributed by atoms with Crippen molar-refractivity contribution in [1.29, 1.82) is 0 Å². The second-order valence-electron chi connectivity index (χ2n) is 4.01. The number of rotatable bonds is 2. The first-order valence-corrected chi connectivity index (χ1v) is 5.31.